The maximum Gasteiger partial charge on any atom is -0.0146 e. The molecule has 1 atom stereocenters. The first kappa shape index (κ1) is 31.6. The summed E-state index contributed by atoms with van der Waals surface area (Å²) in [5, 5.41) is 0. The highest BCUT2D eigenvalue weighted by atomic mass is 14.2. The second-order valence-corrected chi connectivity index (χ2v) is 11.1. The molecule has 0 fully saturated rings. The van der Waals surface area contributed by atoms with Crippen molar-refractivity contribution in [3.63, 3.8) is 0 Å². The third-order valence-electron chi connectivity index (χ3n) is 7.88. The molecule has 212 valence electrons. The average Bonchev–Trinajstić information content (AvgIpc) is 3.00. The van der Waals surface area contributed by atoms with Crippen molar-refractivity contribution in [3.05, 3.63) is 155 Å². The van der Waals surface area contributed by atoms with Gasteiger partial charge in [-0.3, -0.25) is 0 Å². The van der Waals surface area contributed by atoms with Gasteiger partial charge < -0.3 is 0 Å². The summed E-state index contributed by atoms with van der Waals surface area (Å²) in [4.78, 5) is 0. The number of rotatable bonds is 6. The van der Waals surface area contributed by atoms with E-state index in [0.29, 0.717) is 5.92 Å². The minimum Gasteiger partial charge on any atom is -0.0651 e. The molecule has 5 aromatic rings. The number of hydrogen-bond donors (Lipinski definition) is 0. The summed E-state index contributed by atoms with van der Waals surface area (Å²) < 4.78 is 0. The van der Waals surface area contributed by atoms with Crippen molar-refractivity contribution in [3.8, 4) is 22.3 Å². The fourth-order valence-corrected chi connectivity index (χ4v) is 4.98. The molecule has 0 N–H and O–H groups in total. The Morgan fingerprint density at radius 1 is 0.488 bits per heavy atom. The molecule has 0 aliphatic heterocycles. The molecule has 0 bridgehead atoms. The normalized spacial score (nSPS) is 11.0. The van der Waals surface area contributed by atoms with Crippen LogP contribution in [0.25, 0.3) is 22.3 Å². The van der Waals surface area contributed by atoms with Crippen LogP contribution in [0.15, 0.2) is 121 Å². The van der Waals surface area contributed by atoms with Gasteiger partial charge in [0.15, 0.2) is 0 Å². The van der Waals surface area contributed by atoms with Gasteiger partial charge in [-0.1, -0.05) is 154 Å². The van der Waals surface area contributed by atoms with E-state index >= 15 is 0 Å². The summed E-state index contributed by atoms with van der Waals surface area (Å²) in [6.45, 7) is 15.5. The lowest BCUT2D eigenvalue weighted by atomic mass is 9.85. The van der Waals surface area contributed by atoms with Crippen molar-refractivity contribution < 1.29 is 0 Å². The number of hydrogen-bond acceptors (Lipinski definition) is 0. The van der Waals surface area contributed by atoms with Crippen molar-refractivity contribution in [1.82, 2.24) is 0 Å². The van der Waals surface area contributed by atoms with Crippen molar-refractivity contribution in [2.75, 3.05) is 0 Å². The molecular weight excluding hydrogens is 492 g/mol. The van der Waals surface area contributed by atoms with E-state index < -0.39 is 0 Å². The Hall–Kier alpha value is -3.90. The lowest BCUT2D eigenvalue weighted by Crippen LogP contribution is -2.01. The van der Waals surface area contributed by atoms with Gasteiger partial charge in [-0.05, 0) is 96.5 Å². The maximum atomic E-state index is 2.34. The Morgan fingerprint density at radius 2 is 1.00 bits per heavy atom. The van der Waals surface area contributed by atoms with Gasteiger partial charge in [0.05, 0.1) is 0 Å². The van der Waals surface area contributed by atoms with Gasteiger partial charge in [0, 0.05) is 0 Å². The van der Waals surface area contributed by atoms with E-state index in [2.05, 4.69) is 164 Å². The zero-order valence-corrected chi connectivity index (χ0v) is 26.2. The summed E-state index contributed by atoms with van der Waals surface area (Å²) in [6, 6.07) is 42.9. The summed E-state index contributed by atoms with van der Waals surface area (Å²) in [5.74, 6) is 0.639. The Kier molecular flexibility index (Phi) is 12.6. The van der Waals surface area contributed by atoms with Crippen LogP contribution in [0.5, 0.6) is 0 Å². The Morgan fingerprint density at radius 3 is 1.54 bits per heavy atom. The molecule has 0 aliphatic rings. The van der Waals surface area contributed by atoms with Crippen molar-refractivity contribution in [2.24, 2.45) is 0 Å². The van der Waals surface area contributed by atoms with Crippen LogP contribution in [0.3, 0.4) is 0 Å². The molecule has 0 nitrogen and oxygen atoms in total. The molecule has 0 spiro atoms. The standard InChI is InChI=1S/C20H26.C13H12.C8H10/c1-5-10-19-17(15(3)6-2)13-9-14-20(19)18-12-8-7-11-16(18)4;1-11-7-9-13(10-8-11)12-5-3-2-4-6-12;1-7-5-3-4-6-8(7)2/h7-9,11-15H,5-6,10H2,1-4H3;2-10H,1H3;3-6H,1-2H3. The summed E-state index contributed by atoms with van der Waals surface area (Å²) in [5.41, 5.74) is 13.9. The number of benzene rings is 5. The lowest BCUT2D eigenvalue weighted by Gasteiger charge is -2.19. The molecule has 5 rings (SSSR count). The SMILES string of the molecule is CCCc1c(-c2ccccc2C)cccc1C(C)CC.Cc1ccc(-c2ccccc2)cc1.Cc1ccccc1C. The Labute approximate surface area is 250 Å². The first-order chi connectivity index (χ1) is 19.8. The van der Waals surface area contributed by atoms with E-state index in [-0.39, 0.29) is 0 Å². The average molecular weight is 541 g/mol. The largest absolute Gasteiger partial charge is 0.0651 e. The minimum absolute atomic E-state index is 0.639. The molecule has 0 aromatic heterocycles. The fraction of sp³-hybridized carbons (Fsp3) is 0.268. The van der Waals surface area contributed by atoms with Crippen LogP contribution < -0.4 is 0 Å². The molecular formula is C41H48. The van der Waals surface area contributed by atoms with Gasteiger partial charge in [0.2, 0.25) is 0 Å². The summed E-state index contributed by atoms with van der Waals surface area (Å²) in [6.07, 6.45) is 3.57. The predicted octanol–water partition coefficient (Wildman–Crippen LogP) is 12.1. The van der Waals surface area contributed by atoms with E-state index in [0.717, 1.165) is 0 Å². The van der Waals surface area contributed by atoms with Crippen LogP contribution in [0, 0.1) is 27.7 Å². The molecule has 0 heteroatoms. The van der Waals surface area contributed by atoms with E-state index in [1.807, 2.05) is 6.07 Å². The second kappa shape index (κ2) is 16.4. The highest BCUT2D eigenvalue weighted by Crippen LogP contribution is 2.34. The van der Waals surface area contributed by atoms with E-state index in [1.165, 1.54) is 69.3 Å². The van der Waals surface area contributed by atoms with E-state index in [4.69, 9.17) is 0 Å². The van der Waals surface area contributed by atoms with Gasteiger partial charge in [-0.2, -0.15) is 0 Å². The first-order valence-corrected chi connectivity index (χ1v) is 15.2. The molecule has 0 saturated heterocycles. The van der Waals surface area contributed by atoms with E-state index in [9.17, 15) is 0 Å². The van der Waals surface area contributed by atoms with Crippen molar-refractivity contribution in [1.29, 1.82) is 0 Å². The summed E-state index contributed by atoms with van der Waals surface area (Å²) >= 11 is 0. The maximum absolute atomic E-state index is 2.34. The monoisotopic (exact) mass is 540 g/mol. The van der Waals surface area contributed by atoms with Crippen LogP contribution in [0.1, 0.15) is 72.9 Å². The summed E-state index contributed by atoms with van der Waals surface area (Å²) in [7, 11) is 0. The molecule has 1 unspecified atom stereocenters. The predicted molar refractivity (Wildman–Crippen MR) is 182 cm³/mol. The molecule has 0 radical (unpaired) electrons. The molecule has 0 aliphatic carbocycles. The minimum atomic E-state index is 0.639. The quantitative estimate of drug-likeness (QED) is 0.201. The molecule has 0 saturated carbocycles. The van der Waals surface area contributed by atoms with Crippen LogP contribution in [-0.4, -0.2) is 0 Å². The van der Waals surface area contributed by atoms with Crippen molar-refractivity contribution >= 4 is 0 Å². The van der Waals surface area contributed by atoms with Gasteiger partial charge in [0.1, 0.15) is 0 Å². The van der Waals surface area contributed by atoms with Gasteiger partial charge in [0.25, 0.3) is 0 Å². The molecule has 0 heterocycles. The topological polar surface area (TPSA) is 0 Å². The van der Waals surface area contributed by atoms with E-state index in [1.54, 1.807) is 5.56 Å². The second-order valence-electron chi connectivity index (χ2n) is 11.1. The highest BCUT2D eigenvalue weighted by molar-refractivity contribution is 5.72. The fourth-order valence-electron chi connectivity index (χ4n) is 4.98. The van der Waals surface area contributed by atoms with Crippen LogP contribution in [-0.2, 0) is 6.42 Å². The third kappa shape index (κ3) is 9.32. The van der Waals surface area contributed by atoms with Crippen LogP contribution in [0.4, 0.5) is 0 Å². The smallest absolute Gasteiger partial charge is 0.0146 e. The Bertz CT molecular complexity index is 1440. The Balaban J connectivity index is 0.000000187. The molecule has 41 heavy (non-hydrogen) atoms. The first-order valence-electron chi connectivity index (χ1n) is 15.2. The van der Waals surface area contributed by atoms with Gasteiger partial charge >= 0.3 is 0 Å². The van der Waals surface area contributed by atoms with Crippen molar-refractivity contribution in [2.45, 2.75) is 73.6 Å². The zero-order chi connectivity index (χ0) is 29.6. The highest BCUT2D eigenvalue weighted by Gasteiger charge is 2.14. The van der Waals surface area contributed by atoms with Crippen LogP contribution in [0.2, 0.25) is 0 Å². The molecule has 5 aromatic carbocycles. The number of aryl methyl sites for hydroxylation is 4. The zero-order valence-electron chi connectivity index (χ0n) is 26.2. The third-order valence-corrected chi connectivity index (χ3v) is 7.88. The van der Waals surface area contributed by atoms with Crippen LogP contribution >= 0.6 is 0 Å². The van der Waals surface area contributed by atoms with Gasteiger partial charge in [-0.15, -0.1) is 0 Å². The lowest BCUT2D eigenvalue weighted by molar-refractivity contribution is 0.718. The molecule has 0 amide bonds. The van der Waals surface area contributed by atoms with Gasteiger partial charge in [-0.25, -0.2) is 0 Å².